The van der Waals surface area contributed by atoms with E-state index in [2.05, 4.69) is 80.9 Å². The molecule has 0 aliphatic carbocycles. The molecule has 1 heterocycles. The molecule has 2 heteroatoms. The van der Waals surface area contributed by atoms with Gasteiger partial charge in [-0.05, 0) is 40.7 Å². The molecule has 0 amide bonds. The van der Waals surface area contributed by atoms with Crippen molar-refractivity contribution in [1.29, 1.82) is 0 Å². The van der Waals surface area contributed by atoms with Crippen LogP contribution >= 0.6 is 15.9 Å². The summed E-state index contributed by atoms with van der Waals surface area (Å²) in [4.78, 5) is 0.122. The monoisotopic (exact) mass is 348 g/mol. The SMILES string of the molecule is CCc1ccc(C(Br)c2ccc(C(C)C)cc2C(C)C)o1. The van der Waals surface area contributed by atoms with Gasteiger partial charge < -0.3 is 4.42 Å². The molecule has 2 aromatic rings. The highest BCUT2D eigenvalue weighted by Crippen LogP contribution is 2.37. The summed E-state index contributed by atoms with van der Waals surface area (Å²) in [5.41, 5.74) is 4.11. The topological polar surface area (TPSA) is 13.1 Å². The molecule has 1 aromatic carbocycles. The molecule has 0 bridgehead atoms. The smallest absolute Gasteiger partial charge is 0.122 e. The van der Waals surface area contributed by atoms with Crippen LogP contribution in [0.4, 0.5) is 0 Å². The second kappa shape index (κ2) is 6.83. The van der Waals surface area contributed by atoms with Gasteiger partial charge in [0.05, 0.1) is 4.83 Å². The van der Waals surface area contributed by atoms with Crippen LogP contribution in [-0.2, 0) is 6.42 Å². The van der Waals surface area contributed by atoms with E-state index >= 15 is 0 Å². The molecule has 0 saturated heterocycles. The molecule has 21 heavy (non-hydrogen) atoms. The lowest BCUT2D eigenvalue weighted by atomic mass is 9.90. The van der Waals surface area contributed by atoms with Crippen LogP contribution < -0.4 is 0 Å². The summed E-state index contributed by atoms with van der Waals surface area (Å²) >= 11 is 3.82. The molecule has 2 rings (SSSR count). The molecule has 1 unspecified atom stereocenters. The van der Waals surface area contributed by atoms with Gasteiger partial charge >= 0.3 is 0 Å². The Morgan fingerprint density at radius 2 is 1.67 bits per heavy atom. The Kier molecular flexibility index (Phi) is 5.32. The van der Waals surface area contributed by atoms with E-state index in [1.54, 1.807) is 0 Å². The van der Waals surface area contributed by atoms with E-state index in [9.17, 15) is 0 Å². The first kappa shape index (κ1) is 16.4. The average molecular weight is 349 g/mol. The van der Waals surface area contributed by atoms with E-state index in [0.717, 1.165) is 17.9 Å². The van der Waals surface area contributed by atoms with E-state index in [1.165, 1.54) is 16.7 Å². The Morgan fingerprint density at radius 3 is 2.19 bits per heavy atom. The average Bonchev–Trinajstić information content (AvgIpc) is 2.94. The number of halogens is 1. The normalized spacial score (nSPS) is 13.1. The highest BCUT2D eigenvalue weighted by Gasteiger charge is 2.20. The van der Waals surface area contributed by atoms with Crippen molar-refractivity contribution in [2.75, 3.05) is 0 Å². The summed E-state index contributed by atoms with van der Waals surface area (Å²) in [5, 5.41) is 0. The maximum atomic E-state index is 5.91. The molecular weight excluding hydrogens is 324 g/mol. The zero-order chi connectivity index (χ0) is 15.6. The molecule has 0 radical (unpaired) electrons. The molecule has 0 aliphatic heterocycles. The predicted octanol–water partition coefficient (Wildman–Crippen LogP) is 6.57. The largest absolute Gasteiger partial charge is 0.465 e. The van der Waals surface area contributed by atoms with Gasteiger partial charge in [0.2, 0.25) is 0 Å². The first-order valence-corrected chi connectivity index (χ1v) is 8.72. The van der Waals surface area contributed by atoms with Crippen LogP contribution in [0.25, 0.3) is 0 Å². The summed E-state index contributed by atoms with van der Waals surface area (Å²) < 4.78 is 5.91. The van der Waals surface area contributed by atoms with Crippen molar-refractivity contribution >= 4 is 15.9 Å². The fraction of sp³-hybridized carbons (Fsp3) is 0.474. The molecule has 114 valence electrons. The number of benzene rings is 1. The van der Waals surface area contributed by atoms with Gasteiger partial charge in [-0.1, -0.05) is 68.7 Å². The quantitative estimate of drug-likeness (QED) is 0.556. The van der Waals surface area contributed by atoms with Gasteiger partial charge in [0, 0.05) is 6.42 Å². The van der Waals surface area contributed by atoms with Crippen molar-refractivity contribution in [3.8, 4) is 0 Å². The third-order valence-electron chi connectivity index (χ3n) is 3.95. The third kappa shape index (κ3) is 3.60. The van der Waals surface area contributed by atoms with E-state index < -0.39 is 0 Å². The van der Waals surface area contributed by atoms with Crippen LogP contribution in [-0.4, -0.2) is 0 Å². The van der Waals surface area contributed by atoms with Crippen LogP contribution in [0.3, 0.4) is 0 Å². The minimum absolute atomic E-state index is 0.122. The molecule has 1 aromatic heterocycles. The van der Waals surface area contributed by atoms with Gasteiger partial charge in [-0.25, -0.2) is 0 Å². The van der Waals surface area contributed by atoms with Crippen molar-refractivity contribution in [3.05, 3.63) is 58.5 Å². The zero-order valence-corrected chi connectivity index (χ0v) is 15.2. The van der Waals surface area contributed by atoms with Crippen molar-refractivity contribution < 1.29 is 4.42 Å². The van der Waals surface area contributed by atoms with E-state index in [-0.39, 0.29) is 4.83 Å². The van der Waals surface area contributed by atoms with E-state index in [1.807, 2.05) is 0 Å². The van der Waals surface area contributed by atoms with Gasteiger partial charge in [0.25, 0.3) is 0 Å². The molecule has 1 atom stereocenters. The number of alkyl halides is 1. The lowest BCUT2D eigenvalue weighted by molar-refractivity contribution is 0.476. The van der Waals surface area contributed by atoms with Crippen molar-refractivity contribution in [2.24, 2.45) is 0 Å². The second-order valence-corrected chi connectivity index (χ2v) is 7.13. The van der Waals surface area contributed by atoms with Crippen LogP contribution in [0.5, 0.6) is 0 Å². The first-order valence-electron chi connectivity index (χ1n) is 7.80. The Bertz CT molecular complexity index is 595. The van der Waals surface area contributed by atoms with Gasteiger partial charge in [-0.3, -0.25) is 0 Å². The summed E-state index contributed by atoms with van der Waals surface area (Å²) in [7, 11) is 0. The number of furan rings is 1. The van der Waals surface area contributed by atoms with Crippen LogP contribution in [0.15, 0.2) is 34.7 Å². The number of hydrogen-bond donors (Lipinski definition) is 0. The first-order chi connectivity index (χ1) is 9.93. The molecular formula is C19H25BrO. The van der Waals surface area contributed by atoms with Gasteiger partial charge in [0.15, 0.2) is 0 Å². The van der Waals surface area contributed by atoms with Crippen molar-refractivity contribution in [1.82, 2.24) is 0 Å². The number of rotatable bonds is 5. The van der Waals surface area contributed by atoms with E-state index in [0.29, 0.717) is 11.8 Å². The zero-order valence-electron chi connectivity index (χ0n) is 13.6. The summed E-state index contributed by atoms with van der Waals surface area (Å²) in [6, 6.07) is 11.0. The molecule has 1 nitrogen and oxygen atoms in total. The van der Waals surface area contributed by atoms with Crippen molar-refractivity contribution in [2.45, 2.75) is 57.7 Å². The van der Waals surface area contributed by atoms with E-state index in [4.69, 9.17) is 4.42 Å². The fourth-order valence-corrected chi connectivity index (χ4v) is 3.22. The fourth-order valence-electron chi connectivity index (χ4n) is 2.56. The predicted molar refractivity (Wildman–Crippen MR) is 93.5 cm³/mol. The number of hydrogen-bond acceptors (Lipinski definition) is 1. The Hall–Kier alpha value is -1.02. The lowest BCUT2D eigenvalue weighted by Crippen LogP contribution is -2.02. The Balaban J connectivity index is 2.42. The Labute approximate surface area is 136 Å². The highest BCUT2D eigenvalue weighted by atomic mass is 79.9. The minimum Gasteiger partial charge on any atom is -0.465 e. The summed E-state index contributed by atoms with van der Waals surface area (Å²) in [6.07, 6.45) is 0.934. The molecule has 0 spiro atoms. The van der Waals surface area contributed by atoms with Crippen LogP contribution in [0.2, 0.25) is 0 Å². The molecule has 0 aliphatic rings. The second-order valence-electron chi connectivity index (χ2n) is 6.22. The minimum atomic E-state index is 0.122. The summed E-state index contributed by atoms with van der Waals surface area (Å²) in [6.45, 7) is 11.1. The molecule has 0 fully saturated rings. The molecule has 0 N–H and O–H groups in total. The van der Waals surface area contributed by atoms with Gasteiger partial charge in [0.1, 0.15) is 11.5 Å². The maximum Gasteiger partial charge on any atom is 0.122 e. The number of aryl methyl sites for hydroxylation is 1. The van der Waals surface area contributed by atoms with Crippen LogP contribution in [0, 0.1) is 0 Å². The van der Waals surface area contributed by atoms with Crippen molar-refractivity contribution in [3.63, 3.8) is 0 Å². The highest BCUT2D eigenvalue weighted by molar-refractivity contribution is 9.09. The van der Waals surface area contributed by atoms with Gasteiger partial charge in [-0.15, -0.1) is 0 Å². The van der Waals surface area contributed by atoms with Crippen LogP contribution in [0.1, 0.15) is 79.5 Å². The molecule has 0 saturated carbocycles. The lowest BCUT2D eigenvalue weighted by Gasteiger charge is -2.19. The maximum absolute atomic E-state index is 5.91. The Morgan fingerprint density at radius 1 is 0.952 bits per heavy atom. The third-order valence-corrected chi connectivity index (χ3v) is 4.90. The standard InChI is InChI=1S/C19H25BrO/c1-6-15-8-10-18(21-15)19(20)16-9-7-14(12(2)3)11-17(16)13(4)5/h7-13,19H,6H2,1-5H3. The van der Waals surface area contributed by atoms with Gasteiger partial charge in [-0.2, -0.15) is 0 Å². The summed E-state index contributed by atoms with van der Waals surface area (Å²) in [5.74, 6) is 3.09.